The Hall–Kier alpha value is -1.33. The van der Waals surface area contributed by atoms with Crippen LogP contribution in [0.3, 0.4) is 0 Å². The molecule has 1 aromatic carbocycles. The lowest BCUT2D eigenvalue weighted by atomic mass is 10.3. The van der Waals surface area contributed by atoms with Gasteiger partial charge in [0.2, 0.25) is 5.91 Å². The number of nitrogens with zero attached hydrogens (tertiary/aromatic N) is 1. The minimum atomic E-state index is -0.474. The Bertz CT molecular complexity index is 412. The summed E-state index contributed by atoms with van der Waals surface area (Å²) in [4.78, 5) is 13.4. The molecule has 0 radical (unpaired) electrons. The van der Waals surface area contributed by atoms with Crippen LogP contribution in [-0.2, 0) is 4.79 Å². The van der Waals surface area contributed by atoms with E-state index in [4.69, 9.17) is 11.6 Å². The normalized spacial score (nSPS) is 10.5. The van der Waals surface area contributed by atoms with E-state index in [0.717, 1.165) is 6.54 Å². The summed E-state index contributed by atoms with van der Waals surface area (Å²) in [6.45, 7) is 1.52. The van der Waals surface area contributed by atoms with Crippen LogP contribution in [0, 0.1) is 5.82 Å². The first-order valence-corrected chi connectivity index (χ1v) is 5.97. The first-order valence-electron chi connectivity index (χ1n) is 5.59. The third kappa shape index (κ3) is 5.33. The van der Waals surface area contributed by atoms with Crippen LogP contribution in [0.4, 0.5) is 10.1 Å². The van der Waals surface area contributed by atoms with Crippen LogP contribution in [0.2, 0.25) is 5.02 Å². The Morgan fingerprint density at radius 3 is 2.78 bits per heavy atom. The molecule has 0 spiro atoms. The van der Waals surface area contributed by atoms with Crippen LogP contribution in [0.5, 0.6) is 0 Å². The maximum absolute atomic E-state index is 12.9. The molecule has 0 aliphatic rings. The number of nitrogens with one attached hydrogen (secondary N) is 2. The lowest BCUT2D eigenvalue weighted by Gasteiger charge is -2.11. The summed E-state index contributed by atoms with van der Waals surface area (Å²) in [5, 5.41) is 5.67. The predicted molar refractivity (Wildman–Crippen MR) is 71.5 cm³/mol. The van der Waals surface area contributed by atoms with Gasteiger partial charge in [0.1, 0.15) is 5.82 Å². The van der Waals surface area contributed by atoms with E-state index in [1.165, 1.54) is 18.2 Å². The molecule has 100 valence electrons. The van der Waals surface area contributed by atoms with Gasteiger partial charge >= 0.3 is 0 Å². The van der Waals surface area contributed by atoms with Crippen LogP contribution in [-0.4, -0.2) is 44.5 Å². The lowest BCUT2D eigenvalue weighted by molar-refractivity contribution is -0.119. The van der Waals surface area contributed by atoms with Gasteiger partial charge in [0.05, 0.1) is 11.6 Å². The number of likely N-dealkylation sites (N-methyl/N-ethyl adjacent to an activating group) is 1. The van der Waals surface area contributed by atoms with Crippen molar-refractivity contribution < 1.29 is 9.18 Å². The molecule has 0 unspecified atom stereocenters. The summed E-state index contributed by atoms with van der Waals surface area (Å²) in [5.41, 5.74) is 0.615. The summed E-state index contributed by atoms with van der Waals surface area (Å²) in [6, 6.07) is 4.24. The zero-order chi connectivity index (χ0) is 13.5. The van der Waals surface area contributed by atoms with E-state index < -0.39 is 5.82 Å². The number of carbonyl (C=O) groups is 1. The van der Waals surface area contributed by atoms with E-state index >= 15 is 0 Å². The van der Waals surface area contributed by atoms with E-state index in [2.05, 4.69) is 10.6 Å². The Kier molecular flexibility index (Phi) is 5.88. The quantitative estimate of drug-likeness (QED) is 0.827. The van der Waals surface area contributed by atoms with Gasteiger partial charge in [-0.15, -0.1) is 0 Å². The molecular formula is C12H17ClFN3O. The van der Waals surface area contributed by atoms with Crippen molar-refractivity contribution in [3.63, 3.8) is 0 Å². The van der Waals surface area contributed by atoms with E-state index in [1.54, 1.807) is 0 Å². The van der Waals surface area contributed by atoms with Gasteiger partial charge in [-0.2, -0.15) is 0 Å². The SMILES string of the molecule is CN(C)CCNC(=O)CNc1ccc(F)c(Cl)c1. The predicted octanol–water partition coefficient (Wildman–Crippen LogP) is 1.57. The van der Waals surface area contributed by atoms with Gasteiger partial charge in [-0.05, 0) is 32.3 Å². The highest BCUT2D eigenvalue weighted by Crippen LogP contribution is 2.18. The second kappa shape index (κ2) is 7.18. The number of carbonyl (C=O) groups excluding carboxylic acids is 1. The second-order valence-corrected chi connectivity index (χ2v) is 4.54. The Labute approximate surface area is 111 Å². The van der Waals surface area contributed by atoms with Crippen LogP contribution in [0.15, 0.2) is 18.2 Å². The zero-order valence-electron chi connectivity index (χ0n) is 10.5. The first kappa shape index (κ1) is 14.7. The largest absolute Gasteiger partial charge is 0.376 e. The zero-order valence-corrected chi connectivity index (χ0v) is 11.2. The van der Waals surface area contributed by atoms with Crippen molar-refractivity contribution in [1.29, 1.82) is 0 Å². The van der Waals surface area contributed by atoms with Gasteiger partial charge < -0.3 is 15.5 Å². The Morgan fingerprint density at radius 2 is 2.17 bits per heavy atom. The van der Waals surface area contributed by atoms with Crippen molar-refractivity contribution in [3.05, 3.63) is 29.0 Å². The van der Waals surface area contributed by atoms with E-state index in [1.807, 2.05) is 19.0 Å². The third-order valence-electron chi connectivity index (χ3n) is 2.25. The molecule has 1 amide bonds. The molecule has 6 heteroatoms. The van der Waals surface area contributed by atoms with Gasteiger partial charge in [0, 0.05) is 18.8 Å². The third-order valence-corrected chi connectivity index (χ3v) is 2.54. The molecule has 1 aromatic rings. The van der Waals surface area contributed by atoms with Gasteiger partial charge in [0.15, 0.2) is 0 Å². The number of halogens is 2. The number of amides is 1. The van der Waals surface area contributed by atoms with Crippen molar-refractivity contribution in [2.45, 2.75) is 0 Å². The first-order chi connectivity index (χ1) is 8.49. The van der Waals surface area contributed by atoms with Gasteiger partial charge in [-0.25, -0.2) is 4.39 Å². The molecule has 4 nitrogen and oxygen atoms in total. The molecule has 0 fully saturated rings. The van der Waals surface area contributed by atoms with Gasteiger partial charge in [-0.3, -0.25) is 4.79 Å². The van der Waals surface area contributed by atoms with Crippen LogP contribution >= 0.6 is 11.6 Å². The number of hydrogen-bond acceptors (Lipinski definition) is 3. The minimum Gasteiger partial charge on any atom is -0.376 e. The summed E-state index contributed by atoms with van der Waals surface area (Å²) in [5.74, 6) is -0.588. The molecule has 0 saturated carbocycles. The number of rotatable bonds is 6. The summed E-state index contributed by atoms with van der Waals surface area (Å²) >= 11 is 5.63. The van der Waals surface area contributed by atoms with Crippen LogP contribution in [0.25, 0.3) is 0 Å². The van der Waals surface area contributed by atoms with Crippen LogP contribution in [0.1, 0.15) is 0 Å². The molecular weight excluding hydrogens is 257 g/mol. The fourth-order valence-electron chi connectivity index (χ4n) is 1.27. The standard InChI is InChI=1S/C12H17ClFN3O/c1-17(2)6-5-15-12(18)8-16-9-3-4-11(14)10(13)7-9/h3-4,7,16H,5-6,8H2,1-2H3,(H,15,18). The monoisotopic (exact) mass is 273 g/mol. The van der Waals surface area contributed by atoms with E-state index in [9.17, 15) is 9.18 Å². The fourth-order valence-corrected chi connectivity index (χ4v) is 1.45. The van der Waals surface area contributed by atoms with Gasteiger partial charge in [0.25, 0.3) is 0 Å². The maximum atomic E-state index is 12.9. The topological polar surface area (TPSA) is 44.4 Å². The molecule has 0 aromatic heterocycles. The molecule has 0 aliphatic carbocycles. The number of anilines is 1. The van der Waals surface area contributed by atoms with Crippen molar-refractivity contribution in [2.24, 2.45) is 0 Å². The second-order valence-electron chi connectivity index (χ2n) is 4.14. The van der Waals surface area contributed by atoms with E-state index in [0.29, 0.717) is 12.2 Å². The lowest BCUT2D eigenvalue weighted by Crippen LogP contribution is -2.35. The molecule has 1 rings (SSSR count). The summed E-state index contributed by atoms with van der Waals surface area (Å²) in [6.07, 6.45) is 0. The summed E-state index contributed by atoms with van der Waals surface area (Å²) < 4.78 is 12.9. The minimum absolute atomic E-state index is 0.0352. The molecule has 0 saturated heterocycles. The van der Waals surface area contributed by atoms with E-state index in [-0.39, 0.29) is 17.5 Å². The number of benzene rings is 1. The number of hydrogen-bond donors (Lipinski definition) is 2. The maximum Gasteiger partial charge on any atom is 0.239 e. The van der Waals surface area contributed by atoms with Crippen molar-refractivity contribution in [2.75, 3.05) is 39.0 Å². The molecule has 0 bridgehead atoms. The highest BCUT2D eigenvalue weighted by Gasteiger charge is 2.03. The molecule has 2 N–H and O–H groups in total. The average Bonchev–Trinajstić information content (AvgIpc) is 2.30. The Balaban J connectivity index is 2.31. The highest BCUT2D eigenvalue weighted by atomic mass is 35.5. The average molecular weight is 274 g/mol. The van der Waals surface area contributed by atoms with Crippen LogP contribution < -0.4 is 10.6 Å². The van der Waals surface area contributed by atoms with Crippen molar-refractivity contribution in [3.8, 4) is 0 Å². The van der Waals surface area contributed by atoms with Crippen molar-refractivity contribution in [1.82, 2.24) is 10.2 Å². The molecule has 0 atom stereocenters. The molecule has 0 aliphatic heterocycles. The summed E-state index contributed by atoms with van der Waals surface area (Å²) in [7, 11) is 3.87. The van der Waals surface area contributed by atoms with Crippen molar-refractivity contribution >= 4 is 23.2 Å². The van der Waals surface area contributed by atoms with Gasteiger partial charge in [-0.1, -0.05) is 11.6 Å². The smallest absolute Gasteiger partial charge is 0.239 e. The fraction of sp³-hybridized carbons (Fsp3) is 0.417. The highest BCUT2D eigenvalue weighted by molar-refractivity contribution is 6.31. The molecule has 18 heavy (non-hydrogen) atoms. The Morgan fingerprint density at radius 1 is 1.44 bits per heavy atom. The molecule has 0 heterocycles.